The first-order valence-electron chi connectivity index (χ1n) is 5.02. The highest BCUT2D eigenvalue weighted by Gasteiger charge is 2.14. The van der Waals surface area contributed by atoms with Crippen molar-refractivity contribution >= 4 is 38.8 Å². The molecular weight excluding hydrogens is 300 g/mol. The Morgan fingerprint density at radius 1 is 1.06 bits per heavy atom. The summed E-state index contributed by atoms with van der Waals surface area (Å²) in [7, 11) is 0. The van der Waals surface area contributed by atoms with Crippen LogP contribution in [0, 0.1) is 0 Å². The van der Waals surface area contributed by atoms with E-state index in [-0.39, 0.29) is 18.0 Å². The van der Waals surface area contributed by atoms with Crippen LogP contribution in [0.4, 0.5) is 0 Å². The van der Waals surface area contributed by atoms with Gasteiger partial charge in [0.2, 0.25) is 0 Å². The van der Waals surface area contributed by atoms with E-state index < -0.39 is 0 Å². The van der Waals surface area contributed by atoms with Gasteiger partial charge >= 0.3 is 0 Å². The molecule has 0 aliphatic rings. The molecule has 17 heavy (non-hydrogen) atoms. The predicted molar refractivity (Wildman–Crippen MR) is 71.7 cm³/mol. The summed E-state index contributed by atoms with van der Waals surface area (Å²) in [5.41, 5.74) is 0.568. The van der Waals surface area contributed by atoms with Crippen molar-refractivity contribution in [3.05, 3.63) is 56.7 Å². The van der Waals surface area contributed by atoms with Gasteiger partial charge in [0.15, 0.2) is 11.6 Å². The number of thiophene rings is 1. The third kappa shape index (κ3) is 3.11. The standard InChI is InChI=1S/C13H9BrO2S/c14-10-5-3-9(4-6-10)11(15)8-12(16)13-2-1-7-17-13/h1-7H,8H2. The van der Waals surface area contributed by atoms with E-state index >= 15 is 0 Å². The Bertz CT molecular complexity index is 529. The first-order valence-corrected chi connectivity index (χ1v) is 6.69. The third-order valence-corrected chi connectivity index (χ3v) is 3.72. The van der Waals surface area contributed by atoms with Gasteiger partial charge in [-0.15, -0.1) is 11.3 Å². The molecule has 4 heteroatoms. The second-order valence-electron chi connectivity index (χ2n) is 3.51. The maximum atomic E-state index is 11.8. The summed E-state index contributed by atoms with van der Waals surface area (Å²) in [6.07, 6.45) is -0.0673. The summed E-state index contributed by atoms with van der Waals surface area (Å²) >= 11 is 4.66. The van der Waals surface area contributed by atoms with E-state index in [1.54, 1.807) is 30.3 Å². The molecule has 1 aromatic carbocycles. The molecule has 0 spiro atoms. The van der Waals surface area contributed by atoms with Gasteiger partial charge in [-0.2, -0.15) is 0 Å². The zero-order valence-electron chi connectivity index (χ0n) is 8.85. The average molecular weight is 309 g/mol. The van der Waals surface area contributed by atoms with E-state index in [0.717, 1.165) is 4.47 Å². The maximum absolute atomic E-state index is 11.8. The van der Waals surface area contributed by atoms with Crippen molar-refractivity contribution in [3.63, 3.8) is 0 Å². The van der Waals surface area contributed by atoms with Crippen molar-refractivity contribution in [1.82, 2.24) is 0 Å². The summed E-state index contributed by atoms with van der Waals surface area (Å²) in [5, 5.41) is 1.83. The Morgan fingerprint density at radius 2 is 1.76 bits per heavy atom. The minimum atomic E-state index is -0.143. The number of halogens is 1. The second kappa shape index (κ2) is 5.38. The fraction of sp³-hybridized carbons (Fsp3) is 0.0769. The van der Waals surface area contributed by atoms with Crippen molar-refractivity contribution in [1.29, 1.82) is 0 Å². The number of ketones is 2. The third-order valence-electron chi connectivity index (χ3n) is 2.28. The first kappa shape index (κ1) is 12.2. The van der Waals surface area contributed by atoms with E-state index in [1.807, 2.05) is 11.4 Å². The van der Waals surface area contributed by atoms with Crippen molar-refractivity contribution in [2.45, 2.75) is 6.42 Å². The van der Waals surface area contributed by atoms with Gasteiger partial charge in [0, 0.05) is 10.0 Å². The lowest BCUT2D eigenvalue weighted by Gasteiger charge is -1.99. The summed E-state index contributed by atoms with van der Waals surface area (Å²) < 4.78 is 0.915. The van der Waals surface area contributed by atoms with Crippen molar-refractivity contribution < 1.29 is 9.59 Å². The summed E-state index contributed by atoms with van der Waals surface area (Å²) in [6.45, 7) is 0. The lowest BCUT2D eigenvalue weighted by Crippen LogP contribution is -2.07. The van der Waals surface area contributed by atoms with Gasteiger partial charge in [-0.25, -0.2) is 0 Å². The lowest BCUT2D eigenvalue weighted by molar-refractivity contribution is 0.0896. The summed E-state index contributed by atoms with van der Waals surface area (Å²) in [5.74, 6) is -0.260. The van der Waals surface area contributed by atoms with E-state index in [1.165, 1.54) is 11.3 Å². The molecule has 2 rings (SSSR count). The first-order chi connectivity index (χ1) is 8.16. The number of benzene rings is 1. The van der Waals surface area contributed by atoms with Gasteiger partial charge in [0.1, 0.15) is 0 Å². The Labute approximate surface area is 111 Å². The van der Waals surface area contributed by atoms with Crippen molar-refractivity contribution in [2.24, 2.45) is 0 Å². The van der Waals surface area contributed by atoms with Gasteiger partial charge < -0.3 is 0 Å². The minimum Gasteiger partial charge on any atom is -0.294 e. The fourth-order valence-electron chi connectivity index (χ4n) is 1.41. The average Bonchev–Trinajstić information content (AvgIpc) is 2.83. The van der Waals surface area contributed by atoms with Crippen LogP contribution < -0.4 is 0 Å². The highest BCUT2D eigenvalue weighted by Crippen LogP contribution is 2.15. The predicted octanol–water partition coefficient (Wildman–Crippen LogP) is 3.97. The summed E-state index contributed by atoms with van der Waals surface area (Å²) in [4.78, 5) is 24.2. The Morgan fingerprint density at radius 3 is 2.35 bits per heavy atom. The zero-order valence-corrected chi connectivity index (χ0v) is 11.3. The molecule has 0 aliphatic carbocycles. The fourth-order valence-corrected chi connectivity index (χ4v) is 2.34. The topological polar surface area (TPSA) is 34.1 Å². The molecule has 0 bridgehead atoms. The van der Waals surface area contributed by atoms with Crippen LogP contribution in [0.2, 0.25) is 0 Å². The van der Waals surface area contributed by atoms with Crippen LogP contribution in [0.3, 0.4) is 0 Å². The van der Waals surface area contributed by atoms with Crippen LogP contribution in [0.25, 0.3) is 0 Å². The van der Waals surface area contributed by atoms with Crippen LogP contribution in [0.5, 0.6) is 0 Å². The number of carbonyl (C=O) groups excluding carboxylic acids is 2. The molecule has 86 valence electrons. The molecule has 0 atom stereocenters. The molecule has 0 saturated carbocycles. The molecule has 0 saturated heterocycles. The normalized spacial score (nSPS) is 10.2. The Hall–Kier alpha value is -1.26. The van der Waals surface area contributed by atoms with Crippen LogP contribution in [0.1, 0.15) is 26.5 Å². The molecule has 0 fully saturated rings. The highest BCUT2D eigenvalue weighted by atomic mass is 79.9. The number of hydrogen-bond acceptors (Lipinski definition) is 3. The molecule has 0 radical (unpaired) electrons. The van der Waals surface area contributed by atoms with Gasteiger partial charge in [-0.3, -0.25) is 9.59 Å². The molecule has 1 aromatic heterocycles. The van der Waals surface area contributed by atoms with Gasteiger partial charge in [0.25, 0.3) is 0 Å². The second-order valence-corrected chi connectivity index (χ2v) is 5.37. The largest absolute Gasteiger partial charge is 0.294 e. The van der Waals surface area contributed by atoms with E-state index in [9.17, 15) is 9.59 Å². The van der Waals surface area contributed by atoms with Crippen LogP contribution in [0.15, 0.2) is 46.3 Å². The monoisotopic (exact) mass is 308 g/mol. The molecule has 2 nitrogen and oxygen atoms in total. The zero-order chi connectivity index (χ0) is 12.3. The van der Waals surface area contributed by atoms with Crippen LogP contribution in [-0.2, 0) is 0 Å². The Kier molecular flexibility index (Phi) is 3.86. The molecule has 2 aromatic rings. The van der Waals surface area contributed by atoms with Gasteiger partial charge in [-0.05, 0) is 23.6 Å². The van der Waals surface area contributed by atoms with E-state index in [0.29, 0.717) is 10.4 Å². The van der Waals surface area contributed by atoms with Crippen LogP contribution in [-0.4, -0.2) is 11.6 Å². The molecule has 0 aliphatic heterocycles. The van der Waals surface area contributed by atoms with Crippen LogP contribution >= 0.6 is 27.3 Å². The number of hydrogen-bond donors (Lipinski definition) is 0. The SMILES string of the molecule is O=C(CC(=O)c1cccs1)c1ccc(Br)cc1. The molecule has 0 unspecified atom stereocenters. The quantitative estimate of drug-likeness (QED) is 0.632. The Balaban J connectivity index is 2.07. The van der Waals surface area contributed by atoms with Crippen molar-refractivity contribution in [3.8, 4) is 0 Å². The molecule has 0 N–H and O–H groups in total. The number of rotatable bonds is 4. The number of carbonyl (C=O) groups is 2. The maximum Gasteiger partial charge on any atom is 0.180 e. The minimum absolute atomic E-state index is 0.0673. The highest BCUT2D eigenvalue weighted by molar-refractivity contribution is 9.10. The van der Waals surface area contributed by atoms with Crippen molar-refractivity contribution in [2.75, 3.05) is 0 Å². The molecular formula is C13H9BrO2S. The smallest absolute Gasteiger partial charge is 0.180 e. The molecule has 1 heterocycles. The van der Waals surface area contributed by atoms with Gasteiger partial charge in [0.05, 0.1) is 11.3 Å². The lowest BCUT2D eigenvalue weighted by atomic mass is 10.1. The molecule has 0 amide bonds. The number of Topliss-reactive ketones (excluding diaryl/α,β-unsaturated/α-hetero) is 2. The van der Waals surface area contributed by atoms with Gasteiger partial charge in [-0.1, -0.05) is 34.1 Å². The van der Waals surface area contributed by atoms with E-state index in [2.05, 4.69) is 15.9 Å². The summed E-state index contributed by atoms with van der Waals surface area (Å²) in [6, 6.07) is 10.6. The van der Waals surface area contributed by atoms with E-state index in [4.69, 9.17) is 0 Å².